The Labute approximate surface area is 229 Å². The van der Waals surface area contributed by atoms with Gasteiger partial charge in [-0.3, -0.25) is 19.0 Å². The standard InChI is InChI=1S/C29H27BrN4O2.ClH/c1-19-25(28(35)33(31(19)3)23-14-7-5-8-15-23)27(21-12-11-13-22(30)18-21)26-20(2)32(4)34(29(26)36)24-16-9-6-10-17-24;/h5-18,27H,1-4H3;1H. The van der Waals surface area contributed by atoms with Gasteiger partial charge in [-0.1, -0.05) is 64.5 Å². The maximum absolute atomic E-state index is 14.1. The molecule has 0 saturated heterocycles. The van der Waals surface area contributed by atoms with Crippen LogP contribution in [0.3, 0.4) is 0 Å². The van der Waals surface area contributed by atoms with Crippen LogP contribution >= 0.6 is 28.3 Å². The quantitative estimate of drug-likeness (QED) is 0.270. The number of hydrogen-bond acceptors (Lipinski definition) is 2. The lowest BCUT2D eigenvalue weighted by Gasteiger charge is -2.16. The van der Waals surface area contributed by atoms with E-state index in [9.17, 15) is 9.59 Å². The molecule has 2 aromatic heterocycles. The van der Waals surface area contributed by atoms with Crippen LogP contribution in [0.4, 0.5) is 0 Å². The minimum Gasteiger partial charge on any atom is -0.285 e. The van der Waals surface area contributed by atoms with Crippen molar-refractivity contribution in [1.82, 2.24) is 18.7 Å². The highest BCUT2D eigenvalue weighted by Gasteiger charge is 2.32. The third-order valence-corrected chi connectivity index (χ3v) is 7.45. The van der Waals surface area contributed by atoms with Gasteiger partial charge in [-0.15, -0.1) is 12.4 Å². The van der Waals surface area contributed by atoms with E-state index in [1.807, 2.05) is 122 Å². The molecule has 0 aliphatic heterocycles. The van der Waals surface area contributed by atoms with Gasteiger partial charge in [0.2, 0.25) is 0 Å². The summed E-state index contributed by atoms with van der Waals surface area (Å²) in [6, 6.07) is 27.0. The Morgan fingerprint density at radius 2 is 1.08 bits per heavy atom. The van der Waals surface area contributed by atoms with Crippen molar-refractivity contribution < 1.29 is 0 Å². The van der Waals surface area contributed by atoms with Crippen LogP contribution in [0.15, 0.2) is 99.0 Å². The predicted molar refractivity (Wildman–Crippen MR) is 154 cm³/mol. The van der Waals surface area contributed by atoms with E-state index in [0.717, 1.165) is 32.8 Å². The van der Waals surface area contributed by atoms with Crippen LogP contribution in [-0.4, -0.2) is 18.7 Å². The molecule has 0 bridgehead atoms. The summed E-state index contributed by atoms with van der Waals surface area (Å²) in [5, 5.41) is 0. The molecular formula is C29H28BrClN4O2. The molecular weight excluding hydrogens is 552 g/mol. The molecule has 5 rings (SSSR count). The molecule has 5 aromatic rings. The lowest BCUT2D eigenvalue weighted by molar-refractivity contribution is 0.630. The van der Waals surface area contributed by atoms with E-state index in [1.165, 1.54) is 0 Å². The summed E-state index contributed by atoms with van der Waals surface area (Å²) in [6.45, 7) is 3.88. The fourth-order valence-electron chi connectivity index (χ4n) is 5.01. The van der Waals surface area contributed by atoms with E-state index in [0.29, 0.717) is 11.1 Å². The van der Waals surface area contributed by atoms with Crippen molar-refractivity contribution in [3.8, 4) is 11.4 Å². The van der Waals surface area contributed by atoms with Gasteiger partial charge in [-0.2, -0.15) is 0 Å². The molecule has 0 fully saturated rings. The molecule has 0 atom stereocenters. The van der Waals surface area contributed by atoms with Crippen molar-refractivity contribution in [2.75, 3.05) is 0 Å². The number of aromatic nitrogens is 4. The monoisotopic (exact) mass is 578 g/mol. The lowest BCUT2D eigenvalue weighted by atomic mass is 9.85. The third-order valence-electron chi connectivity index (χ3n) is 6.96. The van der Waals surface area contributed by atoms with Crippen molar-refractivity contribution in [3.05, 3.63) is 138 Å². The van der Waals surface area contributed by atoms with Crippen LogP contribution in [0.25, 0.3) is 11.4 Å². The smallest absolute Gasteiger partial charge is 0.275 e. The summed E-state index contributed by atoms with van der Waals surface area (Å²) in [7, 11) is 3.76. The van der Waals surface area contributed by atoms with Gasteiger partial charge in [0.1, 0.15) is 0 Å². The van der Waals surface area contributed by atoms with Crippen LogP contribution < -0.4 is 11.1 Å². The van der Waals surface area contributed by atoms with Gasteiger partial charge in [0.15, 0.2) is 0 Å². The van der Waals surface area contributed by atoms with E-state index in [1.54, 1.807) is 9.36 Å². The fraction of sp³-hybridized carbons (Fsp3) is 0.172. The third kappa shape index (κ3) is 4.43. The largest absolute Gasteiger partial charge is 0.285 e. The molecule has 190 valence electrons. The summed E-state index contributed by atoms with van der Waals surface area (Å²) in [6.07, 6.45) is 0. The van der Waals surface area contributed by atoms with Crippen LogP contribution in [0.1, 0.15) is 34.0 Å². The number of nitrogens with zero attached hydrogens (tertiary/aromatic N) is 4. The summed E-state index contributed by atoms with van der Waals surface area (Å²) in [4.78, 5) is 28.2. The Morgan fingerprint density at radius 3 is 1.49 bits per heavy atom. The van der Waals surface area contributed by atoms with Crippen molar-refractivity contribution in [2.24, 2.45) is 14.1 Å². The molecule has 6 nitrogen and oxygen atoms in total. The Hall–Kier alpha value is -3.55. The molecule has 0 spiro atoms. The Morgan fingerprint density at radius 1 is 0.649 bits per heavy atom. The van der Waals surface area contributed by atoms with Crippen LogP contribution in [0, 0.1) is 13.8 Å². The van der Waals surface area contributed by atoms with Crippen molar-refractivity contribution >= 4 is 28.3 Å². The highest BCUT2D eigenvalue weighted by Crippen LogP contribution is 2.34. The first-order chi connectivity index (χ1) is 17.3. The van der Waals surface area contributed by atoms with E-state index >= 15 is 0 Å². The first-order valence-corrected chi connectivity index (χ1v) is 12.5. The summed E-state index contributed by atoms with van der Waals surface area (Å²) in [5.74, 6) is -0.546. The van der Waals surface area contributed by atoms with Crippen LogP contribution in [-0.2, 0) is 14.1 Å². The minimum absolute atomic E-state index is 0. The molecule has 0 aliphatic carbocycles. The number of benzene rings is 3. The molecule has 0 aliphatic rings. The van der Waals surface area contributed by atoms with Gasteiger partial charge in [0, 0.05) is 35.9 Å². The normalized spacial score (nSPS) is 11.1. The zero-order valence-corrected chi connectivity index (χ0v) is 23.5. The number of hydrogen-bond donors (Lipinski definition) is 0. The van der Waals surface area contributed by atoms with Gasteiger partial charge in [0.25, 0.3) is 11.1 Å². The maximum Gasteiger partial charge on any atom is 0.275 e. The topological polar surface area (TPSA) is 53.9 Å². The van der Waals surface area contributed by atoms with Gasteiger partial charge in [-0.05, 0) is 55.8 Å². The molecule has 0 saturated carbocycles. The Kier molecular flexibility index (Phi) is 7.48. The molecule has 37 heavy (non-hydrogen) atoms. The number of para-hydroxylation sites is 2. The average molecular weight is 580 g/mol. The van der Waals surface area contributed by atoms with Crippen molar-refractivity contribution in [1.29, 1.82) is 0 Å². The van der Waals surface area contributed by atoms with Gasteiger partial charge >= 0.3 is 0 Å². The molecule has 8 heteroatoms. The zero-order valence-electron chi connectivity index (χ0n) is 21.1. The SMILES string of the molecule is Cc1c(C(c2cccc(Br)c2)c2c(C)n(C)n(-c3ccccc3)c2=O)c(=O)n(-c2ccccc2)n1C.Cl. The molecule has 0 amide bonds. The zero-order chi connectivity index (χ0) is 25.6. The van der Waals surface area contributed by atoms with Crippen molar-refractivity contribution in [2.45, 2.75) is 19.8 Å². The predicted octanol–water partition coefficient (Wildman–Crippen LogP) is 5.65. The average Bonchev–Trinajstić information content (AvgIpc) is 3.24. The van der Waals surface area contributed by atoms with E-state index in [-0.39, 0.29) is 23.5 Å². The Bertz CT molecular complexity index is 1580. The molecule has 0 N–H and O–H groups in total. The summed E-state index contributed by atoms with van der Waals surface area (Å²) in [5.41, 5.74) is 4.95. The van der Waals surface area contributed by atoms with Crippen LogP contribution in [0.2, 0.25) is 0 Å². The second kappa shape index (κ2) is 10.4. The molecule has 2 heterocycles. The minimum atomic E-state index is -0.546. The molecule has 3 aromatic carbocycles. The second-order valence-corrected chi connectivity index (χ2v) is 9.85. The van der Waals surface area contributed by atoms with Crippen molar-refractivity contribution in [3.63, 3.8) is 0 Å². The first-order valence-electron chi connectivity index (χ1n) is 11.7. The summed E-state index contributed by atoms with van der Waals surface area (Å²) < 4.78 is 7.96. The molecule has 0 radical (unpaired) electrons. The second-order valence-electron chi connectivity index (χ2n) is 8.94. The maximum atomic E-state index is 14.1. The first kappa shape index (κ1) is 26.5. The Balaban J connectivity index is 0.00000320. The van der Waals surface area contributed by atoms with Gasteiger partial charge in [-0.25, -0.2) is 9.36 Å². The van der Waals surface area contributed by atoms with Gasteiger partial charge in [0.05, 0.1) is 22.5 Å². The summed E-state index contributed by atoms with van der Waals surface area (Å²) >= 11 is 3.59. The van der Waals surface area contributed by atoms with E-state index in [4.69, 9.17) is 0 Å². The van der Waals surface area contributed by atoms with Gasteiger partial charge < -0.3 is 0 Å². The van der Waals surface area contributed by atoms with E-state index < -0.39 is 5.92 Å². The number of halogens is 2. The molecule has 0 unspecified atom stereocenters. The van der Waals surface area contributed by atoms with E-state index in [2.05, 4.69) is 15.9 Å². The highest BCUT2D eigenvalue weighted by atomic mass is 79.9. The fourth-order valence-corrected chi connectivity index (χ4v) is 5.42. The lowest BCUT2D eigenvalue weighted by Crippen LogP contribution is -2.26. The number of rotatable bonds is 5. The van der Waals surface area contributed by atoms with Crippen LogP contribution in [0.5, 0.6) is 0 Å². The highest BCUT2D eigenvalue weighted by molar-refractivity contribution is 9.10.